The van der Waals surface area contributed by atoms with E-state index < -0.39 is 0 Å². The topological polar surface area (TPSA) is 3.24 Å². The zero-order valence-corrected chi connectivity index (χ0v) is 11.1. The number of thioether (sulfide) groups is 1. The fraction of sp³-hybridized carbons (Fsp3) is 1.00. The zero-order valence-electron chi connectivity index (χ0n) is 10.2. The van der Waals surface area contributed by atoms with Crippen molar-refractivity contribution in [1.29, 1.82) is 0 Å². The second-order valence-corrected chi connectivity index (χ2v) is 6.58. The maximum atomic E-state index is 2.80. The van der Waals surface area contributed by atoms with Crippen molar-refractivity contribution in [2.75, 3.05) is 5.75 Å². The molecule has 2 unspecified atom stereocenters. The van der Waals surface area contributed by atoms with Crippen LogP contribution in [0.25, 0.3) is 0 Å². The van der Waals surface area contributed by atoms with E-state index in [-0.39, 0.29) is 0 Å². The molecule has 2 atom stereocenters. The molecule has 0 spiro atoms. The Hall–Kier alpha value is 0.310. The van der Waals surface area contributed by atoms with Gasteiger partial charge in [-0.25, -0.2) is 0 Å². The van der Waals surface area contributed by atoms with E-state index in [1.54, 1.807) is 0 Å². The van der Waals surface area contributed by atoms with Gasteiger partial charge in [-0.05, 0) is 26.7 Å². The summed E-state index contributed by atoms with van der Waals surface area (Å²) < 4.78 is 0. The Balaban J connectivity index is 1.94. The highest BCUT2D eigenvalue weighted by atomic mass is 32.2. The average Bonchev–Trinajstić information content (AvgIpc) is 2.48. The van der Waals surface area contributed by atoms with Crippen molar-refractivity contribution in [3.05, 3.63) is 0 Å². The summed E-state index contributed by atoms with van der Waals surface area (Å²) in [6.45, 7) is 4.81. The summed E-state index contributed by atoms with van der Waals surface area (Å²) in [6.07, 6.45) is 10.3. The molecule has 0 radical (unpaired) electrons. The first kappa shape index (κ1) is 11.8. The minimum Gasteiger partial charge on any atom is -0.285 e. The average molecular weight is 227 g/mol. The monoisotopic (exact) mass is 227 g/mol. The van der Waals surface area contributed by atoms with Crippen LogP contribution in [0.4, 0.5) is 0 Å². The molecule has 0 aromatic carbocycles. The molecule has 2 heteroatoms. The lowest BCUT2D eigenvalue weighted by atomic mass is 9.95. The van der Waals surface area contributed by atoms with E-state index >= 15 is 0 Å². The molecule has 1 aliphatic carbocycles. The lowest BCUT2D eigenvalue weighted by molar-refractivity contribution is 0.136. The van der Waals surface area contributed by atoms with Gasteiger partial charge in [0.1, 0.15) is 0 Å². The van der Waals surface area contributed by atoms with Crippen LogP contribution in [0, 0.1) is 0 Å². The Labute approximate surface area is 99.0 Å². The highest BCUT2D eigenvalue weighted by molar-refractivity contribution is 8.00. The Bertz CT molecular complexity index is 177. The van der Waals surface area contributed by atoms with Crippen molar-refractivity contribution in [2.45, 2.75) is 76.3 Å². The predicted molar refractivity (Wildman–Crippen MR) is 69.3 cm³/mol. The standard InChI is InChI=1S/C13H25NS/c1-11-10-15-12(2)14(11)13-8-6-4-3-5-7-9-13/h11-13H,3-10H2,1-2H3. The molecule has 1 nitrogen and oxygen atoms in total. The Morgan fingerprint density at radius 1 is 0.933 bits per heavy atom. The molecule has 1 saturated heterocycles. The summed E-state index contributed by atoms with van der Waals surface area (Å²) in [6, 6.07) is 1.71. The van der Waals surface area contributed by atoms with Gasteiger partial charge in [-0.15, -0.1) is 11.8 Å². The zero-order chi connectivity index (χ0) is 10.7. The van der Waals surface area contributed by atoms with E-state index in [2.05, 4.69) is 30.5 Å². The molecule has 0 aromatic heterocycles. The Morgan fingerprint density at radius 2 is 1.53 bits per heavy atom. The third-order valence-corrected chi connectivity index (χ3v) is 5.40. The maximum Gasteiger partial charge on any atom is 0.0534 e. The fourth-order valence-corrected chi connectivity index (χ4v) is 4.48. The van der Waals surface area contributed by atoms with Crippen LogP contribution in [0.15, 0.2) is 0 Å². The van der Waals surface area contributed by atoms with Crippen LogP contribution in [0.3, 0.4) is 0 Å². The van der Waals surface area contributed by atoms with E-state index in [0.29, 0.717) is 0 Å². The van der Waals surface area contributed by atoms with Gasteiger partial charge in [0.05, 0.1) is 5.37 Å². The van der Waals surface area contributed by atoms with Crippen LogP contribution in [0.1, 0.15) is 58.8 Å². The van der Waals surface area contributed by atoms with E-state index in [9.17, 15) is 0 Å². The second-order valence-electron chi connectivity index (χ2n) is 5.23. The number of hydrogen-bond acceptors (Lipinski definition) is 2. The molecular weight excluding hydrogens is 202 g/mol. The van der Waals surface area contributed by atoms with Gasteiger partial charge in [-0.2, -0.15) is 0 Å². The van der Waals surface area contributed by atoms with Gasteiger partial charge >= 0.3 is 0 Å². The van der Waals surface area contributed by atoms with Gasteiger partial charge in [0.2, 0.25) is 0 Å². The van der Waals surface area contributed by atoms with Crippen LogP contribution >= 0.6 is 11.8 Å². The van der Waals surface area contributed by atoms with Crippen molar-refractivity contribution in [2.24, 2.45) is 0 Å². The maximum absolute atomic E-state index is 2.80. The van der Waals surface area contributed by atoms with Gasteiger partial charge in [-0.1, -0.05) is 32.1 Å². The quantitative estimate of drug-likeness (QED) is 0.669. The van der Waals surface area contributed by atoms with Crippen molar-refractivity contribution >= 4 is 11.8 Å². The van der Waals surface area contributed by atoms with Gasteiger partial charge in [0.25, 0.3) is 0 Å². The lowest BCUT2D eigenvalue weighted by Gasteiger charge is -2.35. The second kappa shape index (κ2) is 5.58. The smallest absolute Gasteiger partial charge is 0.0534 e. The highest BCUT2D eigenvalue weighted by Gasteiger charge is 2.33. The summed E-state index contributed by atoms with van der Waals surface area (Å²) in [7, 11) is 0. The van der Waals surface area contributed by atoms with Crippen molar-refractivity contribution in [1.82, 2.24) is 4.90 Å². The molecule has 15 heavy (non-hydrogen) atoms. The minimum absolute atomic E-state index is 0.768. The van der Waals surface area contributed by atoms with Crippen LogP contribution < -0.4 is 0 Å². The van der Waals surface area contributed by atoms with Crippen LogP contribution in [0.2, 0.25) is 0 Å². The van der Waals surface area contributed by atoms with Gasteiger partial charge < -0.3 is 0 Å². The Morgan fingerprint density at radius 3 is 2.07 bits per heavy atom. The first-order valence-corrected chi connectivity index (χ1v) is 7.73. The molecule has 2 aliphatic rings. The SMILES string of the molecule is CC1CSC(C)N1C1CCCCCCC1. The molecule has 0 aromatic rings. The molecule has 0 amide bonds. The van der Waals surface area contributed by atoms with Crippen LogP contribution in [-0.2, 0) is 0 Å². The summed E-state index contributed by atoms with van der Waals surface area (Å²) in [4.78, 5) is 2.80. The van der Waals surface area contributed by atoms with Crippen LogP contribution in [0.5, 0.6) is 0 Å². The summed E-state index contributed by atoms with van der Waals surface area (Å²) in [5.41, 5.74) is 0. The fourth-order valence-electron chi connectivity index (χ4n) is 3.20. The molecule has 1 aliphatic heterocycles. The van der Waals surface area contributed by atoms with Crippen molar-refractivity contribution in [3.8, 4) is 0 Å². The number of hydrogen-bond donors (Lipinski definition) is 0. The summed E-state index contributed by atoms with van der Waals surface area (Å²) in [5, 5.41) is 0.768. The van der Waals surface area contributed by atoms with E-state index in [1.165, 1.54) is 50.7 Å². The summed E-state index contributed by atoms with van der Waals surface area (Å²) in [5.74, 6) is 1.34. The number of nitrogens with zero attached hydrogens (tertiary/aromatic N) is 1. The first-order chi connectivity index (χ1) is 7.29. The molecule has 2 rings (SSSR count). The third kappa shape index (κ3) is 2.91. The first-order valence-electron chi connectivity index (χ1n) is 6.68. The van der Waals surface area contributed by atoms with E-state index in [1.807, 2.05) is 0 Å². The van der Waals surface area contributed by atoms with E-state index in [4.69, 9.17) is 0 Å². The largest absolute Gasteiger partial charge is 0.285 e. The van der Waals surface area contributed by atoms with Crippen molar-refractivity contribution < 1.29 is 0 Å². The molecule has 1 heterocycles. The van der Waals surface area contributed by atoms with Gasteiger partial charge in [0.15, 0.2) is 0 Å². The molecule has 0 N–H and O–H groups in total. The van der Waals surface area contributed by atoms with Crippen LogP contribution in [-0.4, -0.2) is 28.1 Å². The van der Waals surface area contributed by atoms with Gasteiger partial charge in [0, 0.05) is 17.8 Å². The normalized spacial score (nSPS) is 36.4. The molecular formula is C13H25NS. The van der Waals surface area contributed by atoms with Gasteiger partial charge in [-0.3, -0.25) is 4.90 Å². The van der Waals surface area contributed by atoms with Crippen molar-refractivity contribution in [3.63, 3.8) is 0 Å². The summed E-state index contributed by atoms with van der Waals surface area (Å²) >= 11 is 2.15. The predicted octanol–water partition coefficient (Wildman–Crippen LogP) is 3.88. The Kier molecular flexibility index (Phi) is 4.39. The van der Waals surface area contributed by atoms with E-state index in [0.717, 1.165) is 17.5 Å². The third-order valence-electron chi connectivity index (χ3n) is 4.00. The highest BCUT2D eigenvalue weighted by Crippen LogP contribution is 2.34. The minimum atomic E-state index is 0.768. The molecule has 0 bridgehead atoms. The molecule has 1 saturated carbocycles. The molecule has 2 fully saturated rings. The number of rotatable bonds is 1. The lowest BCUT2D eigenvalue weighted by Crippen LogP contribution is -2.42. The molecule has 88 valence electrons.